The summed E-state index contributed by atoms with van der Waals surface area (Å²) in [6, 6.07) is 1.09. The van der Waals surface area contributed by atoms with Gasteiger partial charge in [0.1, 0.15) is 12.2 Å². The summed E-state index contributed by atoms with van der Waals surface area (Å²) in [7, 11) is 0. The number of hydrogen-bond donors (Lipinski definition) is 2. The minimum absolute atomic E-state index is 0.543. The molecule has 0 amide bonds. The van der Waals surface area contributed by atoms with Gasteiger partial charge in [0.05, 0.1) is 0 Å². The molecule has 0 unspecified atom stereocenters. The zero-order chi connectivity index (χ0) is 19.5. The average Bonchev–Trinajstić information content (AvgIpc) is 3.02. The van der Waals surface area contributed by atoms with Crippen LogP contribution in [0.25, 0.3) is 0 Å². The Morgan fingerprint density at radius 2 is 1.77 bits per heavy atom. The Hall–Kier alpha value is -1.63. The van der Waals surface area contributed by atoms with Crippen LogP contribution in [0.2, 0.25) is 0 Å². The van der Waals surface area contributed by atoms with Crippen molar-refractivity contribution in [3.63, 3.8) is 0 Å². The normalized spacial score (nSPS) is 12.7. The minimum Gasteiger partial charge on any atom is -0.355 e. The zero-order valence-corrected chi connectivity index (χ0v) is 17.8. The van der Waals surface area contributed by atoms with Gasteiger partial charge in [0.25, 0.3) is 0 Å². The van der Waals surface area contributed by atoms with E-state index < -0.39 is 0 Å². The van der Waals surface area contributed by atoms with E-state index >= 15 is 0 Å². The summed E-state index contributed by atoms with van der Waals surface area (Å²) in [5.74, 6) is 2.45. The van der Waals surface area contributed by atoms with Crippen LogP contribution in [0.4, 0.5) is 0 Å². The van der Waals surface area contributed by atoms with Gasteiger partial charge in [-0.25, -0.2) is 0 Å². The SMILES string of the molecule is CCc1nncn1CCNC(=NCC(C)C)NCCN(C(C)C)C(C)C. The van der Waals surface area contributed by atoms with Crippen LogP contribution in [0.15, 0.2) is 11.3 Å². The first-order valence-corrected chi connectivity index (χ1v) is 9.99. The van der Waals surface area contributed by atoms with Crippen LogP contribution in [-0.2, 0) is 13.0 Å². The summed E-state index contributed by atoms with van der Waals surface area (Å²) < 4.78 is 2.09. The van der Waals surface area contributed by atoms with Crippen molar-refractivity contribution in [3.05, 3.63) is 12.2 Å². The second-order valence-electron chi connectivity index (χ2n) is 7.66. The minimum atomic E-state index is 0.543. The van der Waals surface area contributed by atoms with Gasteiger partial charge in [-0.15, -0.1) is 10.2 Å². The fourth-order valence-electron chi connectivity index (χ4n) is 2.90. The van der Waals surface area contributed by atoms with Crippen LogP contribution in [0, 0.1) is 5.92 Å². The Bertz CT molecular complexity index is 512. The molecular weight excluding hydrogens is 326 g/mol. The number of nitrogens with one attached hydrogen (secondary N) is 2. The summed E-state index contributed by atoms with van der Waals surface area (Å²) in [6.45, 7) is 19.8. The third-order valence-electron chi connectivity index (χ3n) is 4.26. The largest absolute Gasteiger partial charge is 0.355 e. The molecule has 26 heavy (non-hydrogen) atoms. The molecule has 0 spiro atoms. The number of aryl methyl sites for hydroxylation is 1. The lowest BCUT2D eigenvalue weighted by Gasteiger charge is -2.30. The number of aromatic nitrogens is 3. The van der Waals surface area contributed by atoms with Crippen LogP contribution < -0.4 is 10.6 Å². The third-order valence-corrected chi connectivity index (χ3v) is 4.26. The first kappa shape index (κ1) is 22.4. The highest BCUT2D eigenvalue weighted by atomic mass is 15.3. The molecule has 7 heteroatoms. The van der Waals surface area contributed by atoms with Gasteiger partial charge in [0.2, 0.25) is 0 Å². The Balaban J connectivity index is 2.52. The van der Waals surface area contributed by atoms with Gasteiger partial charge < -0.3 is 15.2 Å². The maximum Gasteiger partial charge on any atom is 0.191 e. The molecule has 0 aromatic carbocycles. The zero-order valence-electron chi connectivity index (χ0n) is 17.8. The lowest BCUT2D eigenvalue weighted by atomic mass is 10.2. The van der Waals surface area contributed by atoms with E-state index in [0.29, 0.717) is 18.0 Å². The molecular formula is C19H39N7. The number of rotatable bonds is 11. The standard InChI is InChI=1S/C19H39N7/c1-8-18-24-23-14-25(18)11-9-20-19(22-13-15(2)3)21-10-12-26(16(4)5)17(6)7/h14-17H,8-13H2,1-7H3,(H2,20,21,22). The Kier molecular flexibility index (Phi) is 10.2. The first-order chi connectivity index (χ1) is 12.3. The molecule has 7 nitrogen and oxygen atoms in total. The van der Waals surface area contributed by atoms with E-state index in [9.17, 15) is 0 Å². The van der Waals surface area contributed by atoms with E-state index in [1.165, 1.54) is 0 Å². The predicted molar refractivity (Wildman–Crippen MR) is 110 cm³/mol. The van der Waals surface area contributed by atoms with Crippen LogP contribution in [0.1, 0.15) is 54.3 Å². The molecule has 2 N–H and O–H groups in total. The highest BCUT2D eigenvalue weighted by Crippen LogP contribution is 2.03. The van der Waals surface area contributed by atoms with Gasteiger partial charge in [-0.2, -0.15) is 0 Å². The second-order valence-corrected chi connectivity index (χ2v) is 7.66. The molecule has 1 aromatic heterocycles. The maximum atomic E-state index is 4.71. The van der Waals surface area contributed by atoms with Crippen molar-refractivity contribution >= 4 is 5.96 Å². The van der Waals surface area contributed by atoms with Gasteiger partial charge in [0.15, 0.2) is 5.96 Å². The number of hydrogen-bond acceptors (Lipinski definition) is 4. The highest BCUT2D eigenvalue weighted by Gasteiger charge is 2.12. The average molecular weight is 366 g/mol. The Labute approximate surface area is 159 Å². The fourth-order valence-corrected chi connectivity index (χ4v) is 2.90. The van der Waals surface area contributed by atoms with Crippen molar-refractivity contribution in [2.45, 2.75) is 73.5 Å². The molecule has 0 aliphatic rings. The number of aliphatic imine (C=N–C) groups is 1. The van der Waals surface area contributed by atoms with Crippen LogP contribution >= 0.6 is 0 Å². The van der Waals surface area contributed by atoms with Crippen molar-refractivity contribution < 1.29 is 0 Å². The smallest absolute Gasteiger partial charge is 0.191 e. The van der Waals surface area contributed by atoms with Crippen LogP contribution in [0.5, 0.6) is 0 Å². The molecule has 0 bridgehead atoms. The Morgan fingerprint density at radius 1 is 1.12 bits per heavy atom. The van der Waals surface area contributed by atoms with Crippen molar-refractivity contribution in [1.82, 2.24) is 30.3 Å². The summed E-state index contributed by atoms with van der Waals surface area (Å²) in [4.78, 5) is 7.19. The Morgan fingerprint density at radius 3 is 2.35 bits per heavy atom. The van der Waals surface area contributed by atoms with E-state index in [-0.39, 0.29) is 0 Å². The van der Waals surface area contributed by atoms with Crippen LogP contribution in [-0.4, -0.2) is 63.9 Å². The van der Waals surface area contributed by atoms with Gasteiger partial charge in [-0.05, 0) is 33.6 Å². The summed E-state index contributed by atoms with van der Waals surface area (Å²) in [5.41, 5.74) is 0. The lowest BCUT2D eigenvalue weighted by Crippen LogP contribution is -2.46. The monoisotopic (exact) mass is 365 g/mol. The van der Waals surface area contributed by atoms with Crippen molar-refractivity contribution in [1.29, 1.82) is 0 Å². The predicted octanol–water partition coefficient (Wildman–Crippen LogP) is 2.15. The van der Waals surface area contributed by atoms with Crippen molar-refractivity contribution in [3.8, 4) is 0 Å². The molecule has 1 heterocycles. The highest BCUT2D eigenvalue weighted by molar-refractivity contribution is 5.79. The summed E-state index contributed by atoms with van der Waals surface area (Å²) in [5, 5.41) is 15.0. The van der Waals surface area contributed by atoms with Gasteiger partial charge in [-0.1, -0.05) is 20.8 Å². The molecule has 1 rings (SSSR count). The van der Waals surface area contributed by atoms with Crippen molar-refractivity contribution in [2.24, 2.45) is 10.9 Å². The van der Waals surface area contributed by atoms with E-state index in [0.717, 1.165) is 50.9 Å². The number of nitrogens with zero attached hydrogens (tertiary/aromatic N) is 5. The topological polar surface area (TPSA) is 70.4 Å². The molecule has 0 radical (unpaired) electrons. The van der Waals surface area contributed by atoms with Crippen LogP contribution in [0.3, 0.4) is 0 Å². The summed E-state index contributed by atoms with van der Waals surface area (Å²) in [6.07, 6.45) is 2.69. The lowest BCUT2D eigenvalue weighted by molar-refractivity contribution is 0.178. The van der Waals surface area contributed by atoms with E-state index in [2.05, 4.69) is 78.8 Å². The number of guanidine groups is 1. The molecule has 150 valence electrons. The third kappa shape index (κ3) is 8.17. The fraction of sp³-hybridized carbons (Fsp3) is 0.842. The molecule has 0 saturated heterocycles. The summed E-state index contributed by atoms with van der Waals surface area (Å²) >= 11 is 0. The van der Waals surface area contributed by atoms with E-state index in [1.807, 2.05) is 0 Å². The molecule has 0 aliphatic heterocycles. The van der Waals surface area contributed by atoms with E-state index in [1.54, 1.807) is 6.33 Å². The van der Waals surface area contributed by atoms with Gasteiger partial charge >= 0.3 is 0 Å². The molecule has 0 aliphatic carbocycles. The van der Waals surface area contributed by atoms with Gasteiger partial charge in [-0.3, -0.25) is 9.89 Å². The first-order valence-electron chi connectivity index (χ1n) is 9.99. The molecule has 1 aromatic rings. The second kappa shape index (κ2) is 11.9. The van der Waals surface area contributed by atoms with Gasteiger partial charge in [0, 0.05) is 51.2 Å². The maximum absolute atomic E-state index is 4.71. The molecule has 0 atom stereocenters. The molecule has 0 saturated carbocycles. The van der Waals surface area contributed by atoms with Crippen molar-refractivity contribution in [2.75, 3.05) is 26.2 Å². The molecule has 0 fully saturated rings. The van der Waals surface area contributed by atoms with E-state index in [4.69, 9.17) is 4.99 Å². The quantitative estimate of drug-likeness (QED) is 0.464.